The number of carbonyl (C=O) groups is 2. The molecule has 0 radical (unpaired) electrons. The minimum Gasteiger partial charge on any atom is -0.336 e. The Labute approximate surface area is 118 Å². The summed E-state index contributed by atoms with van der Waals surface area (Å²) >= 11 is 0. The van der Waals surface area contributed by atoms with Crippen molar-refractivity contribution in [3.63, 3.8) is 0 Å². The van der Waals surface area contributed by atoms with Crippen LogP contribution in [0.3, 0.4) is 0 Å². The molecule has 1 aromatic rings. The highest BCUT2D eigenvalue weighted by Gasteiger charge is 2.29. The number of urea groups is 1. The first-order chi connectivity index (χ1) is 9.50. The van der Waals surface area contributed by atoms with Crippen LogP contribution in [0, 0.1) is 0 Å². The fraction of sp³-hybridized carbons (Fsp3) is 0.538. The summed E-state index contributed by atoms with van der Waals surface area (Å²) in [4.78, 5) is 36.8. The van der Waals surface area contributed by atoms with Crippen LogP contribution in [0.1, 0.15) is 18.7 Å². The molecule has 1 aliphatic heterocycles. The first kappa shape index (κ1) is 14.2. The zero-order valence-electron chi connectivity index (χ0n) is 12.0. The molecule has 0 aliphatic carbocycles. The highest BCUT2D eigenvalue weighted by atomic mass is 16.2. The number of carbonyl (C=O) groups excluding carboxylic acids is 2. The lowest BCUT2D eigenvalue weighted by molar-refractivity contribution is -0.132. The number of rotatable bonds is 4. The Bertz CT molecular complexity index is 493. The molecular weight excluding hydrogens is 258 g/mol. The number of hydrogen-bond donors (Lipinski definition) is 0. The topological polar surface area (TPSA) is 69.6 Å². The highest BCUT2D eigenvalue weighted by molar-refractivity contribution is 5.85. The second-order valence-corrected chi connectivity index (χ2v) is 4.94. The van der Waals surface area contributed by atoms with Crippen LogP contribution in [0.25, 0.3) is 0 Å². The SMILES string of the molecule is C[C@H](c1ccncn1)N(C)C(=O)CN1CCN(C)C1=O. The Kier molecular flexibility index (Phi) is 4.16. The lowest BCUT2D eigenvalue weighted by atomic mass is 10.2. The van der Waals surface area contributed by atoms with E-state index in [0.29, 0.717) is 13.1 Å². The number of likely N-dealkylation sites (N-methyl/N-ethyl adjacent to an activating group) is 2. The summed E-state index contributed by atoms with van der Waals surface area (Å²) < 4.78 is 0. The molecule has 1 aliphatic rings. The van der Waals surface area contributed by atoms with Gasteiger partial charge in [0.05, 0.1) is 11.7 Å². The number of hydrogen-bond acceptors (Lipinski definition) is 4. The van der Waals surface area contributed by atoms with Crippen LogP contribution in [-0.2, 0) is 4.79 Å². The summed E-state index contributed by atoms with van der Waals surface area (Å²) in [6.45, 7) is 3.27. The van der Waals surface area contributed by atoms with Gasteiger partial charge < -0.3 is 14.7 Å². The second kappa shape index (κ2) is 5.85. The van der Waals surface area contributed by atoms with Gasteiger partial charge in [-0.2, -0.15) is 0 Å². The minimum atomic E-state index is -0.152. The largest absolute Gasteiger partial charge is 0.336 e. The molecular formula is C13H19N5O2. The molecule has 0 aromatic carbocycles. The van der Waals surface area contributed by atoms with Gasteiger partial charge in [0.15, 0.2) is 0 Å². The maximum absolute atomic E-state index is 12.2. The summed E-state index contributed by atoms with van der Waals surface area (Å²) in [6, 6.07) is 1.53. The quantitative estimate of drug-likeness (QED) is 0.797. The van der Waals surface area contributed by atoms with E-state index in [1.165, 1.54) is 6.33 Å². The summed E-state index contributed by atoms with van der Waals surface area (Å²) in [5, 5.41) is 0. The predicted molar refractivity (Wildman–Crippen MR) is 72.8 cm³/mol. The zero-order valence-corrected chi connectivity index (χ0v) is 12.0. The fourth-order valence-electron chi connectivity index (χ4n) is 2.09. The molecule has 1 saturated heterocycles. The lowest BCUT2D eigenvalue weighted by Crippen LogP contribution is -2.41. The Morgan fingerprint density at radius 3 is 2.80 bits per heavy atom. The van der Waals surface area contributed by atoms with Gasteiger partial charge in [-0.1, -0.05) is 0 Å². The first-order valence-corrected chi connectivity index (χ1v) is 6.52. The fourth-order valence-corrected chi connectivity index (χ4v) is 2.09. The molecule has 1 fully saturated rings. The van der Waals surface area contributed by atoms with Crippen LogP contribution in [-0.4, -0.2) is 70.3 Å². The summed E-state index contributed by atoms with van der Waals surface area (Å²) in [5.74, 6) is -0.0974. The second-order valence-electron chi connectivity index (χ2n) is 4.94. The van der Waals surface area contributed by atoms with Gasteiger partial charge in [0.2, 0.25) is 5.91 Å². The van der Waals surface area contributed by atoms with Crippen LogP contribution in [0.2, 0.25) is 0 Å². The van der Waals surface area contributed by atoms with Gasteiger partial charge in [0, 0.05) is 33.4 Å². The Hall–Kier alpha value is -2.18. The molecule has 0 N–H and O–H groups in total. The summed E-state index contributed by atoms with van der Waals surface area (Å²) in [6.07, 6.45) is 3.11. The van der Waals surface area contributed by atoms with E-state index in [4.69, 9.17) is 0 Å². The van der Waals surface area contributed by atoms with E-state index in [-0.39, 0.29) is 24.5 Å². The molecule has 1 aromatic heterocycles. The molecule has 1 atom stereocenters. The third-order valence-electron chi connectivity index (χ3n) is 3.64. The van der Waals surface area contributed by atoms with Crippen molar-refractivity contribution in [1.82, 2.24) is 24.7 Å². The van der Waals surface area contributed by atoms with Crippen molar-refractivity contribution < 1.29 is 9.59 Å². The van der Waals surface area contributed by atoms with Gasteiger partial charge in [-0.3, -0.25) is 4.79 Å². The van der Waals surface area contributed by atoms with E-state index in [1.54, 1.807) is 41.1 Å². The molecule has 7 heteroatoms. The average Bonchev–Trinajstić information content (AvgIpc) is 2.78. The van der Waals surface area contributed by atoms with Crippen molar-refractivity contribution in [3.8, 4) is 0 Å². The van der Waals surface area contributed by atoms with Crippen LogP contribution in [0.4, 0.5) is 4.79 Å². The van der Waals surface area contributed by atoms with Crippen LogP contribution >= 0.6 is 0 Å². The summed E-state index contributed by atoms with van der Waals surface area (Å²) in [5.41, 5.74) is 0.778. The minimum absolute atomic E-state index is 0.0959. The predicted octanol–water partition coefficient (Wildman–Crippen LogP) is 0.363. The van der Waals surface area contributed by atoms with E-state index in [2.05, 4.69) is 9.97 Å². The van der Waals surface area contributed by atoms with Crippen molar-refractivity contribution in [2.45, 2.75) is 13.0 Å². The highest BCUT2D eigenvalue weighted by Crippen LogP contribution is 2.16. The van der Waals surface area contributed by atoms with E-state index in [0.717, 1.165) is 5.69 Å². The molecule has 7 nitrogen and oxygen atoms in total. The third kappa shape index (κ3) is 2.87. The molecule has 2 rings (SSSR count). The average molecular weight is 277 g/mol. The van der Waals surface area contributed by atoms with Crippen molar-refractivity contribution in [1.29, 1.82) is 0 Å². The van der Waals surface area contributed by atoms with Gasteiger partial charge >= 0.3 is 6.03 Å². The standard InChI is InChI=1S/C13H19N5O2/c1-10(11-4-5-14-9-15-11)17(3)12(19)8-18-7-6-16(2)13(18)20/h4-5,9-10H,6-8H2,1-3H3/t10-/m1/s1. The molecule has 0 unspecified atom stereocenters. The van der Waals surface area contributed by atoms with Crippen LogP contribution < -0.4 is 0 Å². The van der Waals surface area contributed by atoms with E-state index >= 15 is 0 Å². The van der Waals surface area contributed by atoms with E-state index < -0.39 is 0 Å². The molecule has 20 heavy (non-hydrogen) atoms. The Morgan fingerprint density at radius 1 is 1.50 bits per heavy atom. The number of amides is 3. The van der Waals surface area contributed by atoms with Gasteiger partial charge in [-0.15, -0.1) is 0 Å². The first-order valence-electron chi connectivity index (χ1n) is 6.52. The normalized spacial score (nSPS) is 16.4. The van der Waals surface area contributed by atoms with Crippen molar-refractivity contribution in [2.75, 3.05) is 33.7 Å². The Morgan fingerprint density at radius 2 is 2.25 bits per heavy atom. The van der Waals surface area contributed by atoms with Crippen LogP contribution in [0.5, 0.6) is 0 Å². The molecule has 2 heterocycles. The molecule has 3 amide bonds. The monoisotopic (exact) mass is 277 g/mol. The van der Waals surface area contributed by atoms with Gasteiger partial charge in [0.1, 0.15) is 12.9 Å². The van der Waals surface area contributed by atoms with Gasteiger partial charge in [-0.25, -0.2) is 14.8 Å². The van der Waals surface area contributed by atoms with Crippen molar-refractivity contribution in [3.05, 3.63) is 24.3 Å². The van der Waals surface area contributed by atoms with Crippen molar-refractivity contribution >= 4 is 11.9 Å². The molecule has 0 spiro atoms. The van der Waals surface area contributed by atoms with Crippen LogP contribution in [0.15, 0.2) is 18.6 Å². The molecule has 0 bridgehead atoms. The maximum Gasteiger partial charge on any atom is 0.320 e. The smallest absolute Gasteiger partial charge is 0.320 e. The summed E-state index contributed by atoms with van der Waals surface area (Å²) in [7, 11) is 3.46. The third-order valence-corrected chi connectivity index (χ3v) is 3.64. The zero-order chi connectivity index (χ0) is 14.7. The maximum atomic E-state index is 12.2. The molecule has 108 valence electrons. The van der Waals surface area contributed by atoms with E-state index in [9.17, 15) is 9.59 Å². The Balaban J connectivity index is 1.97. The molecule has 0 saturated carbocycles. The number of nitrogens with zero attached hydrogens (tertiary/aromatic N) is 5. The lowest BCUT2D eigenvalue weighted by Gasteiger charge is -2.26. The van der Waals surface area contributed by atoms with Crippen molar-refractivity contribution in [2.24, 2.45) is 0 Å². The number of aromatic nitrogens is 2. The van der Waals surface area contributed by atoms with Gasteiger partial charge in [0.25, 0.3) is 0 Å². The van der Waals surface area contributed by atoms with E-state index in [1.807, 2.05) is 6.92 Å². The van der Waals surface area contributed by atoms with Gasteiger partial charge in [-0.05, 0) is 13.0 Å².